The topological polar surface area (TPSA) is 120 Å². The monoisotopic (exact) mass is 466 g/mol. The Morgan fingerprint density at radius 3 is 2.79 bits per heavy atom. The third-order valence-electron chi connectivity index (χ3n) is 5.18. The van der Waals surface area contributed by atoms with Crippen molar-refractivity contribution < 1.29 is 17.9 Å². The van der Waals surface area contributed by atoms with Crippen LogP contribution in [0.15, 0.2) is 59.5 Å². The molecule has 0 saturated heterocycles. The molecule has 0 atom stereocenters. The van der Waals surface area contributed by atoms with Gasteiger partial charge < -0.3 is 14.8 Å². The van der Waals surface area contributed by atoms with Gasteiger partial charge in [0.05, 0.1) is 4.90 Å². The fraction of sp³-hybridized carbons (Fsp3) is 0.227. The number of nitrogens with zero attached hydrogens (tertiary/aromatic N) is 4. The molecule has 3 heterocycles. The molecule has 0 aliphatic carbocycles. The summed E-state index contributed by atoms with van der Waals surface area (Å²) >= 11 is 0. The molecule has 4 aromatic rings. The molecule has 5 rings (SSSR count). The Labute approximate surface area is 190 Å². The number of nitrogens with one attached hydrogen (secondary N) is 2. The maximum atomic E-state index is 12.5. The van der Waals surface area contributed by atoms with E-state index in [4.69, 9.17) is 9.47 Å². The zero-order valence-electron chi connectivity index (χ0n) is 17.9. The molecule has 0 bridgehead atoms. The summed E-state index contributed by atoms with van der Waals surface area (Å²) in [7, 11) is -3.60. The van der Waals surface area contributed by atoms with E-state index in [9.17, 15) is 8.42 Å². The average molecular weight is 467 g/mol. The Kier molecular flexibility index (Phi) is 5.56. The first-order valence-corrected chi connectivity index (χ1v) is 11.9. The quantitative estimate of drug-likeness (QED) is 0.406. The lowest BCUT2D eigenvalue weighted by molar-refractivity contribution is 0.174. The molecule has 33 heavy (non-hydrogen) atoms. The van der Waals surface area contributed by atoms with Crippen LogP contribution in [0.2, 0.25) is 0 Å². The Morgan fingerprint density at radius 2 is 1.91 bits per heavy atom. The van der Waals surface area contributed by atoms with Gasteiger partial charge in [0.2, 0.25) is 16.8 Å². The zero-order valence-corrected chi connectivity index (χ0v) is 18.7. The highest BCUT2D eigenvalue weighted by Gasteiger charge is 2.15. The van der Waals surface area contributed by atoms with Crippen LogP contribution in [0.25, 0.3) is 5.65 Å². The van der Waals surface area contributed by atoms with Gasteiger partial charge in [-0.25, -0.2) is 13.1 Å². The number of hydrogen-bond acceptors (Lipinski definition) is 8. The standard InChI is InChI=1S/C22H22N6O4S/c1-15-3-2-4-17(11-15)33(29,30)24-10-9-22-26-25-21-8-7-20(27-28(21)22)23-13-16-5-6-18-19(12-16)32-14-31-18/h2-8,11-12,24H,9-10,13-14H2,1H3,(H,23,27). The summed E-state index contributed by atoms with van der Waals surface area (Å²) in [5.41, 5.74) is 2.49. The van der Waals surface area contributed by atoms with Gasteiger partial charge >= 0.3 is 0 Å². The molecule has 0 spiro atoms. The van der Waals surface area contributed by atoms with Gasteiger partial charge in [-0.2, -0.15) is 4.52 Å². The second kappa shape index (κ2) is 8.68. The van der Waals surface area contributed by atoms with Crippen molar-refractivity contribution in [2.45, 2.75) is 24.8 Å². The van der Waals surface area contributed by atoms with E-state index in [-0.39, 0.29) is 18.2 Å². The third kappa shape index (κ3) is 4.59. The molecule has 0 amide bonds. The number of rotatable bonds is 8. The van der Waals surface area contributed by atoms with Crippen LogP contribution in [0, 0.1) is 6.92 Å². The fourth-order valence-electron chi connectivity index (χ4n) is 3.49. The van der Waals surface area contributed by atoms with E-state index < -0.39 is 10.0 Å². The number of aromatic nitrogens is 4. The molecular formula is C22H22N6O4S. The molecule has 170 valence electrons. The van der Waals surface area contributed by atoms with Crippen LogP contribution in [-0.2, 0) is 23.0 Å². The van der Waals surface area contributed by atoms with Gasteiger partial charge in [0.1, 0.15) is 5.82 Å². The van der Waals surface area contributed by atoms with Crippen LogP contribution in [-0.4, -0.2) is 41.6 Å². The van der Waals surface area contributed by atoms with Crippen molar-refractivity contribution in [2.24, 2.45) is 0 Å². The molecule has 10 nitrogen and oxygen atoms in total. The minimum atomic E-state index is -3.60. The molecular weight excluding hydrogens is 444 g/mol. The average Bonchev–Trinajstić information content (AvgIpc) is 3.44. The Morgan fingerprint density at radius 1 is 1.03 bits per heavy atom. The molecule has 0 radical (unpaired) electrons. The van der Waals surface area contributed by atoms with Crippen molar-refractivity contribution in [3.63, 3.8) is 0 Å². The molecule has 0 saturated carbocycles. The fourth-order valence-corrected chi connectivity index (χ4v) is 4.63. The van der Waals surface area contributed by atoms with E-state index in [2.05, 4.69) is 25.3 Å². The van der Waals surface area contributed by atoms with Gasteiger partial charge in [0.15, 0.2) is 23.0 Å². The van der Waals surface area contributed by atoms with Crippen molar-refractivity contribution in [1.82, 2.24) is 24.5 Å². The summed E-state index contributed by atoms with van der Waals surface area (Å²) in [4.78, 5) is 0.238. The largest absolute Gasteiger partial charge is 0.454 e. The van der Waals surface area contributed by atoms with E-state index in [0.717, 1.165) is 22.6 Å². The second-order valence-electron chi connectivity index (χ2n) is 7.61. The molecule has 2 aromatic carbocycles. The van der Waals surface area contributed by atoms with Gasteiger partial charge in [-0.05, 0) is 54.4 Å². The number of sulfonamides is 1. The highest BCUT2D eigenvalue weighted by atomic mass is 32.2. The second-order valence-corrected chi connectivity index (χ2v) is 9.38. The molecule has 1 aliphatic rings. The number of aryl methyl sites for hydroxylation is 1. The summed E-state index contributed by atoms with van der Waals surface area (Å²) in [6, 6.07) is 16.2. The lowest BCUT2D eigenvalue weighted by Crippen LogP contribution is -2.26. The Balaban J connectivity index is 1.24. The van der Waals surface area contributed by atoms with Crippen LogP contribution < -0.4 is 19.5 Å². The molecule has 2 aromatic heterocycles. The predicted octanol–water partition coefficient (Wildman–Crippen LogP) is 2.29. The van der Waals surface area contributed by atoms with Gasteiger partial charge in [0.25, 0.3) is 0 Å². The summed E-state index contributed by atoms with van der Waals surface area (Å²) < 4.78 is 40.0. The molecule has 0 unspecified atom stereocenters. The molecule has 1 aliphatic heterocycles. The lowest BCUT2D eigenvalue weighted by Gasteiger charge is -2.08. The summed E-state index contributed by atoms with van der Waals surface area (Å²) in [5.74, 6) is 2.67. The highest BCUT2D eigenvalue weighted by Crippen LogP contribution is 2.32. The number of fused-ring (bicyclic) bond motifs is 2. The Bertz CT molecular complexity index is 1420. The first kappa shape index (κ1) is 21.2. The van der Waals surface area contributed by atoms with Crippen molar-refractivity contribution in [3.05, 3.63) is 71.5 Å². The van der Waals surface area contributed by atoms with Gasteiger partial charge in [-0.3, -0.25) is 0 Å². The van der Waals surface area contributed by atoms with Gasteiger partial charge in [-0.1, -0.05) is 18.2 Å². The first-order valence-electron chi connectivity index (χ1n) is 10.4. The number of hydrogen-bond donors (Lipinski definition) is 2. The zero-order chi connectivity index (χ0) is 22.8. The Hall–Kier alpha value is -3.70. The van der Waals surface area contributed by atoms with Crippen molar-refractivity contribution in [1.29, 1.82) is 0 Å². The number of benzene rings is 2. The minimum Gasteiger partial charge on any atom is -0.454 e. The van der Waals surface area contributed by atoms with E-state index in [0.29, 0.717) is 30.3 Å². The predicted molar refractivity (Wildman–Crippen MR) is 121 cm³/mol. The number of anilines is 1. The van der Waals surface area contributed by atoms with Crippen molar-refractivity contribution >= 4 is 21.5 Å². The third-order valence-corrected chi connectivity index (χ3v) is 6.64. The first-order chi connectivity index (χ1) is 16.0. The molecule has 0 fully saturated rings. The van der Waals surface area contributed by atoms with E-state index in [1.807, 2.05) is 43.3 Å². The summed E-state index contributed by atoms with van der Waals surface area (Å²) in [6.07, 6.45) is 0.338. The smallest absolute Gasteiger partial charge is 0.240 e. The summed E-state index contributed by atoms with van der Waals surface area (Å²) in [5, 5.41) is 16.1. The normalized spacial score (nSPS) is 12.9. The van der Waals surface area contributed by atoms with E-state index in [1.165, 1.54) is 0 Å². The highest BCUT2D eigenvalue weighted by molar-refractivity contribution is 7.89. The lowest BCUT2D eigenvalue weighted by atomic mass is 10.2. The molecule has 2 N–H and O–H groups in total. The van der Waals surface area contributed by atoms with Crippen LogP contribution in [0.1, 0.15) is 17.0 Å². The van der Waals surface area contributed by atoms with E-state index >= 15 is 0 Å². The van der Waals surface area contributed by atoms with E-state index in [1.54, 1.807) is 22.7 Å². The maximum Gasteiger partial charge on any atom is 0.240 e. The SMILES string of the molecule is Cc1cccc(S(=O)(=O)NCCc2nnc3ccc(NCc4ccc5c(c4)OCO5)nn23)c1. The summed E-state index contributed by atoms with van der Waals surface area (Å²) in [6.45, 7) is 2.81. The van der Waals surface area contributed by atoms with Crippen molar-refractivity contribution in [3.8, 4) is 11.5 Å². The van der Waals surface area contributed by atoms with Crippen LogP contribution >= 0.6 is 0 Å². The number of ether oxygens (including phenoxy) is 2. The van der Waals surface area contributed by atoms with Crippen LogP contribution in [0.5, 0.6) is 11.5 Å². The minimum absolute atomic E-state index is 0.174. The maximum absolute atomic E-state index is 12.5. The van der Waals surface area contributed by atoms with Crippen LogP contribution in [0.3, 0.4) is 0 Å². The van der Waals surface area contributed by atoms with Gasteiger partial charge in [-0.15, -0.1) is 15.3 Å². The van der Waals surface area contributed by atoms with Crippen molar-refractivity contribution in [2.75, 3.05) is 18.7 Å². The van der Waals surface area contributed by atoms with Gasteiger partial charge in [0, 0.05) is 19.5 Å². The molecule has 11 heteroatoms. The van der Waals surface area contributed by atoms with Crippen LogP contribution in [0.4, 0.5) is 5.82 Å².